The molecule has 0 saturated heterocycles. The van der Waals surface area contributed by atoms with Gasteiger partial charge < -0.3 is 24.8 Å². The van der Waals surface area contributed by atoms with Gasteiger partial charge in [-0.1, -0.05) is 32.1 Å². The smallest absolute Gasteiger partial charge is 0.401 e. The van der Waals surface area contributed by atoms with Crippen LogP contribution in [-0.2, 0) is 18.6 Å². The summed E-state index contributed by atoms with van der Waals surface area (Å²) in [5.41, 5.74) is -6.16. The van der Waals surface area contributed by atoms with Crippen LogP contribution in [0.3, 0.4) is 0 Å². The Labute approximate surface area is 247 Å². The number of benzene rings is 1. The number of nitrogens with one attached hydrogen (secondary N) is 2. The minimum Gasteiger partial charge on any atom is -0.438 e. The Morgan fingerprint density at radius 2 is 1.70 bits per heavy atom. The number of hydrogen-bond donors (Lipinski definition) is 3. The predicted molar refractivity (Wildman–Crippen MR) is 155 cm³/mol. The number of aromatic nitrogens is 1. The minimum atomic E-state index is -5.72. The van der Waals surface area contributed by atoms with E-state index in [0.29, 0.717) is 5.52 Å². The lowest BCUT2D eigenvalue weighted by Crippen LogP contribution is -2.39. The lowest BCUT2D eigenvalue weighted by molar-refractivity contribution is -0.160. The van der Waals surface area contributed by atoms with Gasteiger partial charge in [-0.2, -0.15) is 8.78 Å². The van der Waals surface area contributed by atoms with Crippen molar-refractivity contribution in [2.24, 2.45) is 5.41 Å². The second kappa shape index (κ2) is 13.0. The van der Waals surface area contributed by atoms with E-state index in [-0.39, 0.29) is 23.2 Å². The molecule has 14 heteroatoms. The van der Waals surface area contributed by atoms with Gasteiger partial charge in [0.25, 0.3) is 5.91 Å². The van der Waals surface area contributed by atoms with Gasteiger partial charge >= 0.3 is 19.2 Å². The second-order valence-electron chi connectivity index (χ2n) is 12.3. The third-order valence-corrected chi connectivity index (χ3v) is 9.39. The molecule has 0 radical (unpaired) electrons. The van der Waals surface area contributed by atoms with Crippen molar-refractivity contribution < 1.29 is 41.5 Å². The number of ether oxygens (including phenoxy) is 1. The van der Waals surface area contributed by atoms with E-state index >= 15 is 4.39 Å². The molecule has 2 saturated carbocycles. The van der Waals surface area contributed by atoms with Crippen molar-refractivity contribution in [3.63, 3.8) is 0 Å². The van der Waals surface area contributed by atoms with Gasteiger partial charge in [0.2, 0.25) is 12.2 Å². The van der Waals surface area contributed by atoms with Gasteiger partial charge in [0.1, 0.15) is 11.4 Å². The lowest BCUT2D eigenvalue weighted by Gasteiger charge is -2.25. The maximum absolute atomic E-state index is 15.2. The second-order valence-corrected chi connectivity index (χ2v) is 14.3. The number of nitrogens with zero attached hydrogens (tertiary/aromatic N) is 1. The van der Waals surface area contributed by atoms with Crippen LogP contribution in [0, 0.1) is 11.2 Å². The summed E-state index contributed by atoms with van der Waals surface area (Å²) in [6, 6.07) is 2.65. The topological polar surface area (TPSA) is 136 Å². The van der Waals surface area contributed by atoms with Crippen molar-refractivity contribution in [2.75, 3.05) is 18.7 Å². The highest BCUT2D eigenvalue weighted by molar-refractivity contribution is 7.54. The van der Waals surface area contributed by atoms with Gasteiger partial charge in [-0.15, -0.1) is 0 Å². The number of carbonyl (C=O) groups is 2. The Hall–Kier alpha value is -2.89. The van der Waals surface area contributed by atoms with Crippen LogP contribution in [0.15, 0.2) is 23.1 Å². The van der Waals surface area contributed by atoms with Crippen LogP contribution < -0.4 is 16.1 Å². The summed E-state index contributed by atoms with van der Waals surface area (Å²) >= 11 is 0. The zero-order chi connectivity index (χ0) is 31.6. The normalized spacial score (nSPS) is 18.4. The predicted octanol–water partition coefficient (Wildman–Crippen LogP) is 6.07. The number of pyridine rings is 1. The Morgan fingerprint density at radius 1 is 1.07 bits per heavy atom. The molecular weight excluding hydrogens is 590 g/mol. The first-order chi connectivity index (χ1) is 20.1. The standard InChI is InChI=1S/C29H39F3N3O7P/c1-28(2,3)27(38)41-17-42-43(39,40)29(31,32)16-33-26(37)21-15-35(19-11-7-8-12-19)24-14-23(22(30)13-20(24)25(21)36)34-18-9-5-4-6-10-18/h13-15,18-19,34H,4-12,16-17H2,1-3H3,(H,33,37)(H,39,40). The molecule has 2 fully saturated rings. The van der Waals surface area contributed by atoms with E-state index < -0.39 is 60.7 Å². The molecule has 4 rings (SSSR count). The van der Waals surface area contributed by atoms with Gasteiger partial charge in [-0.25, -0.2) is 4.39 Å². The van der Waals surface area contributed by atoms with Gasteiger partial charge in [0.05, 0.1) is 23.2 Å². The molecule has 0 aliphatic heterocycles. The van der Waals surface area contributed by atoms with Crippen LogP contribution in [0.4, 0.5) is 18.9 Å². The maximum Gasteiger partial charge on any atom is 0.401 e. The summed E-state index contributed by atoms with van der Waals surface area (Å²) in [4.78, 5) is 48.0. The minimum absolute atomic E-state index is 0.0742. The van der Waals surface area contributed by atoms with Crippen molar-refractivity contribution in [3.8, 4) is 0 Å². The van der Waals surface area contributed by atoms with E-state index in [1.54, 1.807) is 10.6 Å². The SMILES string of the molecule is CC(C)(C)C(=O)OCOP(=O)(O)C(F)(F)CNC(=O)c1cn(C2CCCC2)c2cc(NC3CCCCC3)c(F)cc2c1=O. The largest absolute Gasteiger partial charge is 0.438 e. The van der Waals surface area contributed by atoms with Crippen molar-refractivity contribution in [3.05, 3.63) is 39.9 Å². The van der Waals surface area contributed by atoms with Crippen molar-refractivity contribution >= 4 is 36.1 Å². The molecule has 1 amide bonds. The number of hydrogen-bond acceptors (Lipinski definition) is 7. The third kappa shape index (κ3) is 7.61. The summed E-state index contributed by atoms with van der Waals surface area (Å²) in [6.45, 7) is 1.63. The highest BCUT2D eigenvalue weighted by Gasteiger charge is 2.52. The average molecular weight is 630 g/mol. The number of fused-ring (bicyclic) bond motifs is 1. The fourth-order valence-electron chi connectivity index (χ4n) is 5.44. The van der Waals surface area contributed by atoms with E-state index in [9.17, 15) is 32.6 Å². The third-order valence-electron chi connectivity index (χ3n) is 7.95. The Balaban J connectivity index is 1.56. The van der Waals surface area contributed by atoms with Crippen LogP contribution >= 0.6 is 7.60 Å². The molecule has 1 heterocycles. The molecule has 2 aliphatic rings. The van der Waals surface area contributed by atoms with Crippen LogP contribution in [0.1, 0.15) is 95.0 Å². The maximum atomic E-state index is 15.2. The van der Waals surface area contributed by atoms with Crippen LogP contribution in [0.25, 0.3) is 10.9 Å². The summed E-state index contributed by atoms with van der Waals surface area (Å²) in [5, 5.41) is 5.02. The number of esters is 1. The first-order valence-corrected chi connectivity index (χ1v) is 16.1. The molecular formula is C29H39F3N3O7P. The first kappa shape index (κ1) is 33.0. The molecule has 2 aromatic rings. The van der Waals surface area contributed by atoms with E-state index in [2.05, 4.69) is 14.6 Å². The fourth-order valence-corrected chi connectivity index (χ4v) is 6.10. The summed E-state index contributed by atoms with van der Waals surface area (Å²) < 4.78 is 67.4. The highest BCUT2D eigenvalue weighted by atomic mass is 31.2. The highest BCUT2D eigenvalue weighted by Crippen LogP contribution is 2.57. The Kier molecular flexibility index (Phi) is 9.98. The molecule has 1 unspecified atom stereocenters. The summed E-state index contributed by atoms with van der Waals surface area (Å²) in [6.07, 6.45) is 9.65. The molecule has 43 heavy (non-hydrogen) atoms. The van der Waals surface area contributed by atoms with Gasteiger partial charge in [-0.05, 0) is 58.6 Å². The zero-order valence-corrected chi connectivity index (χ0v) is 25.5. The monoisotopic (exact) mass is 629 g/mol. The Bertz CT molecular complexity index is 1460. The number of alkyl halides is 2. The van der Waals surface area contributed by atoms with Crippen LogP contribution in [-0.4, -0.2) is 46.4 Å². The number of carbonyl (C=O) groups excluding carboxylic acids is 2. The van der Waals surface area contributed by atoms with Crippen molar-refractivity contribution in [2.45, 2.75) is 96.3 Å². The van der Waals surface area contributed by atoms with Crippen LogP contribution in [0.5, 0.6) is 0 Å². The fraction of sp³-hybridized carbons (Fsp3) is 0.621. The van der Waals surface area contributed by atoms with E-state index in [4.69, 9.17) is 0 Å². The molecule has 0 spiro atoms. The summed E-state index contributed by atoms with van der Waals surface area (Å²) in [7, 11) is -5.72. The molecule has 1 atom stereocenters. The molecule has 3 N–H and O–H groups in total. The molecule has 2 aliphatic carbocycles. The van der Waals surface area contributed by atoms with Crippen LogP contribution in [0.2, 0.25) is 0 Å². The Morgan fingerprint density at radius 3 is 2.33 bits per heavy atom. The number of rotatable bonds is 10. The van der Waals surface area contributed by atoms with Crippen molar-refractivity contribution in [1.29, 1.82) is 0 Å². The molecule has 238 valence electrons. The van der Waals surface area contributed by atoms with E-state index in [0.717, 1.165) is 63.9 Å². The van der Waals surface area contributed by atoms with Gasteiger partial charge in [0, 0.05) is 23.7 Å². The number of amides is 1. The molecule has 1 aromatic heterocycles. The molecule has 0 bridgehead atoms. The van der Waals surface area contributed by atoms with E-state index in [1.165, 1.54) is 27.0 Å². The van der Waals surface area contributed by atoms with E-state index in [1.807, 2.05) is 5.32 Å². The number of anilines is 1. The van der Waals surface area contributed by atoms with Gasteiger partial charge in [-0.3, -0.25) is 23.5 Å². The van der Waals surface area contributed by atoms with Gasteiger partial charge in [0.15, 0.2) is 0 Å². The first-order valence-electron chi connectivity index (χ1n) is 14.6. The summed E-state index contributed by atoms with van der Waals surface area (Å²) in [5.74, 6) is -2.72. The molecule has 1 aromatic carbocycles. The zero-order valence-electron chi connectivity index (χ0n) is 24.6. The lowest BCUT2D eigenvalue weighted by atomic mass is 9.95. The average Bonchev–Trinajstić information content (AvgIpc) is 3.47. The van der Waals surface area contributed by atoms with Crippen molar-refractivity contribution in [1.82, 2.24) is 9.88 Å². The molecule has 10 nitrogen and oxygen atoms in total. The quantitative estimate of drug-likeness (QED) is 0.164. The number of halogens is 3.